The molecule has 0 bridgehead atoms. The number of nitrogens with zero attached hydrogens (tertiary/aromatic N) is 1. The fourth-order valence-corrected chi connectivity index (χ4v) is 2.77. The van der Waals surface area contributed by atoms with Crippen LogP contribution in [-0.4, -0.2) is 46.5 Å². The lowest BCUT2D eigenvalue weighted by molar-refractivity contribution is -0.160. The first-order valence-corrected chi connectivity index (χ1v) is 7.88. The summed E-state index contributed by atoms with van der Waals surface area (Å²) in [4.78, 5) is 25.1. The number of likely N-dealkylation sites (tertiary alicyclic amines) is 1. The minimum atomic E-state index is -0.421. The summed E-state index contributed by atoms with van der Waals surface area (Å²) in [6.07, 6.45) is 2.86. The molecule has 0 aromatic heterocycles. The molecule has 0 aromatic carbocycles. The third kappa shape index (κ3) is 6.43. The van der Waals surface area contributed by atoms with Crippen molar-refractivity contribution in [3.8, 4) is 0 Å². The molecule has 5 heteroatoms. The lowest BCUT2D eigenvalue weighted by Crippen LogP contribution is -2.41. The van der Waals surface area contributed by atoms with E-state index >= 15 is 0 Å². The van der Waals surface area contributed by atoms with Crippen molar-refractivity contribution >= 4 is 22.8 Å². The minimum Gasteiger partial charge on any atom is -0.459 e. The Labute approximate surface area is 120 Å². The zero-order valence-corrected chi connectivity index (χ0v) is 13.2. The average Bonchev–Trinajstić information content (AvgIpc) is 2.69. The Morgan fingerprint density at radius 1 is 1.37 bits per heavy atom. The molecule has 0 unspecified atom stereocenters. The van der Waals surface area contributed by atoms with E-state index in [4.69, 9.17) is 4.74 Å². The second kappa shape index (κ2) is 7.29. The molecule has 1 saturated heterocycles. The maximum Gasteiger partial charge on any atom is 0.323 e. The van der Waals surface area contributed by atoms with Gasteiger partial charge in [0, 0.05) is 12.7 Å². The third-order valence-electron chi connectivity index (χ3n) is 2.94. The standard InChI is InChI=1S/C14H25NO3S/c1-11(16)19-10-6-9-15-8-5-7-12(15)13(17)18-14(2,3)4/h12H,5-10H2,1-4H3/t12-/m0/s1. The molecule has 0 spiro atoms. The number of carbonyl (C=O) groups excluding carboxylic acids is 2. The molecule has 4 nitrogen and oxygen atoms in total. The van der Waals surface area contributed by atoms with E-state index in [0.717, 1.165) is 38.1 Å². The number of carbonyl (C=O) groups is 2. The van der Waals surface area contributed by atoms with Crippen LogP contribution in [0.2, 0.25) is 0 Å². The van der Waals surface area contributed by atoms with Crippen LogP contribution in [0.1, 0.15) is 47.0 Å². The minimum absolute atomic E-state index is 0.0958. The van der Waals surface area contributed by atoms with Gasteiger partial charge in [0.2, 0.25) is 0 Å². The maximum absolute atomic E-state index is 12.1. The summed E-state index contributed by atoms with van der Waals surface area (Å²) in [5.41, 5.74) is -0.421. The number of esters is 1. The molecule has 0 amide bonds. The Bertz CT molecular complexity index is 325. The topological polar surface area (TPSA) is 46.6 Å². The summed E-state index contributed by atoms with van der Waals surface area (Å²) >= 11 is 1.35. The molecule has 1 rings (SSSR count). The number of hydrogen-bond donors (Lipinski definition) is 0. The molecule has 0 N–H and O–H groups in total. The van der Waals surface area contributed by atoms with Crippen molar-refractivity contribution in [1.82, 2.24) is 4.90 Å². The molecule has 0 radical (unpaired) electrons. The summed E-state index contributed by atoms with van der Waals surface area (Å²) in [7, 11) is 0. The van der Waals surface area contributed by atoms with Gasteiger partial charge in [-0.15, -0.1) is 0 Å². The molecule has 1 aliphatic heterocycles. The molecule has 0 aromatic rings. The zero-order chi connectivity index (χ0) is 14.5. The van der Waals surface area contributed by atoms with Crippen LogP contribution in [0.15, 0.2) is 0 Å². The van der Waals surface area contributed by atoms with Gasteiger partial charge in [-0.25, -0.2) is 0 Å². The van der Waals surface area contributed by atoms with Crippen LogP contribution in [0, 0.1) is 0 Å². The van der Waals surface area contributed by atoms with Crippen LogP contribution in [0.4, 0.5) is 0 Å². The van der Waals surface area contributed by atoms with E-state index in [-0.39, 0.29) is 17.1 Å². The SMILES string of the molecule is CC(=O)SCCCN1CCC[C@H]1C(=O)OC(C)(C)C. The lowest BCUT2D eigenvalue weighted by Gasteiger charge is -2.27. The van der Waals surface area contributed by atoms with Gasteiger partial charge >= 0.3 is 5.97 Å². The first-order valence-electron chi connectivity index (χ1n) is 6.90. The van der Waals surface area contributed by atoms with E-state index in [2.05, 4.69) is 4.90 Å². The number of ether oxygens (including phenoxy) is 1. The van der Waals surface area contributed by atoms with Crippen molar-refractivity contribution in [3.63, 3.8) is 0 Å². The smallest absolute Gasteiger partial charge is 0.323 e. The van der Waals surface area contributed by atoms with Crippen LogP contribution >= 0.6 is 11.8 Å². The normalized spacial score (nSPS) is 20.5. The van der Waals surface area contributed by atoms with Crippen molar-refractivity contribution in [2.75, 3.05) is 18.8 Å². The molecule has 0 aliphatic carbocycles. The number of hydrogen-bond acceptors (Lipinski definition) is 5. The molecule has 1 heterocycles. The molecular weight excluding hydrogens is 262 g/mol. The van der Waals surface area contributed by atoms with Gasteiger partial charge in [0.25, 0.3) is 0 Å². The molecule has 0 saturated carbocycles. The van der Waals surface area contributed by atoms with Crippen LogP contribution < -0.4 is 0 Å². The van der Waals surface area contributed by atoms with Gasteiger partial charge < -0.3 is 4.74 Å². The Morgan fingerprint density at radius 3 is 2.63 bits per heavy atom. The molecule has 1 atom stereocenters. The van der Waals surface area contributed by atoms with Crippen molar-refractivity contribution in [2.45, 2.75) is 58.6 Å². The van der Waals surface area contributed by atoms with Crippen LogP contribution in [0.25, 0.3) is 0 Å². The molecule has 1 aliphatic rings. The van der Waals surface area contributed by atoms with E-state index in [9.17, 15) is 9.59 Å². The Morgan fingerprint density at radius 2 is 2.05 bits per heavy atom. The van der Waals surface area contributed by atoms with Gasteiger partial charge in [0.05, 0.1) is 0 Å². The predicted octanol–water partition coefficient (Wildman–Crippen LogP) is 2.46. The van der Waals surface area contributed by atoms with E-state index in [1.165, 1.54) is 11.8 Å². The first kappa shape index (κ1) is 16.5. The van der Waals surface area contributed by atoms with E-state index in [1.54, 1.807) is 6.92 Å². The van der Waals surface area contributed by atoms with E-state index in [1.807, 2.05) is 20.8 Å². The summed E-state index contributed by atoms with van der Waals surface area (Å²) < 4.78 is 5.46. The fourth-order valence-electron chi connectivity index (χ4n) is 2.21. The van der Waals surface area contributed by atoms with Gasteiger partial charge in [0.1, 0.15) is 11.6 Å². The summed E-state index contributed by atoms with van der Waals surface area (Å²) in [5, 5.41) is 0.158. The van der Waals surface area contributed by atoms with Crippen molar-refractivity contribution in [3.05, 3.63) is 0 Å². The molecule has 1 fully saturated rings. The molecular formula is C14H25NO3S. The quantitative estimate of drug-likeness (QED) is 0.574. The van der Waals surface area contributed by atoms with Gasteiger partial charge in [-0.1, -0.05) is 11.8 Å². The maximum atomic E-state index is 12.1. The van der Waals surface area contributed by atoms with Crippen molar-refractivity contribution < 1.29 is 14.3 Å². The monoisotopic (exact) mass is 287 g/mol. The highest BCUT2D eigenvalue weighted by Gasteiger charge is 2.33. The average molecular weight is 287 g/mol. The number of rotatable bonds is 5. The first-order chi connectivity index (χ1) is 8.79. The highest BCUT2D eigenvalue weighted by molar-refractivity contribution is 8.13. The van der Waals surface area contributed by atoms with Gasteiger partial charge in [0.15, 0.2) is 5.12 Å². The van der Waals surface area contributed by atoms with Crippen LogP contribution in [0.3, 0.4) is 0 Å². The van der Waals surface area contributed by atoms with Gasteiger partial charge in [-0.05, 0) is 53.1 Å². The van der Waals surface area contributed by atoms with Gasteiger partial charge in [-0.3, -0.25) is 14.5 Å². The van der Waals surface area contributed by atoms with Crippen molar-refractivity contribution in [1.29, 1.82) is 0 Å². The van der Waals surface area contributed by atoms with Crippen LogP contribution in [0.5, 0.6) is 0 Å². The third-order valence-corrected chi connectivity index (χ3v) is 3.84. The highest BCUT2D eigenvalue weighted by atomic mass is 32.2. The highest BCUT2D eigenvalue weighted by Crippen LogP contribution is 2.21. The summed E-state index contributed by atoms with van der Waals surface area (Å²) in [6, 6.07) is -0.0958. The van der Waals surface area contributed by atoms with Crippen LogP contribution in [-0.2, 0) is 14.3 Å². The second-order valence-electron chi connectivity index (χ2n) is 5.92. The zero-order valence-electron chi connectivity index (χ0n) is 12.4. The Balaban J connectivity index is 2.37. The predicted molar refractivity (Wildman–Crippen MR) is 78.2 cm³/mol. The molecule has 110 valence electrons. The Kier molecular flexibility index (Phi) is 6.33. The van der Waals surface area contributed by atoms with E-state index < -0.39 is 5.60 Å². The largest absolute Gasteiger partial charge is 0.459 e. The second-order valence-corrected chi connectivity index (χ2v) is 7.19. The van der Waals surface area contributed by atoms with Crippen molar-refractivity contribution in [2.24, 2.45) is 0 Å². The summed E-state index contributed by atoms with van der Waals surface area (Å²) in [5.74, 6) is 0.719. The molecule has 19 heavy (non-hydrogen) atoms. The van der Waals surface area contributed by atoms with E-state index in [0.29, 0.717) is 0 Å². The van der Waals surface area contributed by atoms with Gasteiger partial charge in [-0.2, -0.15) is 0 Å². The fraction of sp³-hybridized carbons (Fsp3) is 0.857. The number of thioether (sulfide) groups is 1. The summed E-state index contributed by atoms with van der Waals surface area (Å²) in [6.45, 7) is 9.10. The lowest BCUT2D eigenvalue weighted by atomic mass is 10.1. The Hall–Kier alpha value is -0.550.